The highest BCUT2D eigenvalue weighted by Gasteiger charge is 2.31. The molecule has 1 fully saturated rings. The zero-order valence-corrected chi connectivity index (χ0v) is 12.0. The van der Waals surface area contributed by atoms with Crippen LogP contribution in [0.25, 0.3) is 0 Å². The summed E-state index contributed by atoms with van der Waals surface area (Å²) in [6.07, 6.45) is 1.54. The Labute approximate surface area is 109 Å². The number of ether oxygens (including phenoxy) is 1. The average molecular weight is 278 g/mol. The van der Waals surface area contributed by atoms with Crippen LogP contribution in [0, 0.1) is 0 Å². The van der Waals surface area contributed by atoms with Gasteiger partial charge in [0.2, 0.25) is 10.0 Å². The van der Waals surface area contributed by atoms with Crippen molar-refractivity contribution in [2.45, 2.75) is 50.9 Å². The van der Waals surface area contributed by atoms with Gasteiger partial charge in [0.15, 0.2) is 0 Å². The van der Waals surface area contributed by atoms with Crippen LogP contribution in [-0.2, 0) is 14.8 Å². The average Bonchev–Trinajstić information content (AvgIpc) is 2.38. The molecule has 1 saturated heterocycles. The van der Waals surface area contributed by atoms with E-state index in [1.54, 1.807) is 20.8 Å². The predicted octanol–water partition coefficient (Wildman–Crippen LogP) is 1.06. The molecule has 0 spiro atoms. The number of likely N-dealkylation sites (tertiary alicyclic amines) is 1. The molecule has 1 unspecified atom stereocenters. The van der Waals surface area contributed by atoms with E-state index >= 15 is 0 Å². The van der Waals surface area contributed by atoms with Gasteiger partial charge in [-0.3, -0.25) is 0 Å². The smallest absolute Gasteiger partial charge is 0.410 e. The van der Waals surface area contributed by atoms with Crippen molar-refractivity contribution < 1.29 is 17.9 Å². The van der Waals surface area contributed by atoms with Crippen molar-refractivity contribution in [3.63, 3.8) is 0 Å². The Hall–Kier alpha value is -0.820. The lowest BCUT2D eigenvalue weighted by atomic mass is 10.2. The second-order valence-corrected chi connectivity index (χ2v) is 7.48. The summed E-state index contributed by atoms with van der Waals surface area (Å²) in [6.45, 7) is 5.97. The van der Waals surface area contributed by atoms with Crippen molar-refractivity contribution >= 4 is 16.1 Å². The highest BCUT2D eigenvalue weighted by molar-refractivity contribution is 7.89. The molecule has 18 heavy (non-hydrogen) atoms. The predicted molar refractivity (Wildman–Crippen MR) is 68.6 cm³/mol. The Morgan fingerprint density at radius 1 is 1.33 bits per heavy atom. The summed E-state index contributed by atoms with van der Waals surface area (Å²) in [7, 11) is -3.61. The molecule has 0 aromatic rings. The standard InChI is InChI=1S/C11H22N2O4S/c1-11(2,3)17-10(14)13-7-5-4-6-9(8-13)18(12,15)16/h9H,4-8H2,1-3H3,(H2,12,15,16). The molecule has 0 aromatic carbocycles. The molecule has 1 aliphatic rings. The van der Waals surface area contributed by atoms with Gasteiger partial charge in [-0.2, -0.15) is 0 Å². The minimum absolute atomic E-state index is 0.119. The number of nitrogens with zero attached hydrogens (tertiary/aromatic N) is 1. The fraction of sp³-hybridized carbons (Fsp3) is 0.909. The molecule has 106 valence electrons. The summed E-state index contributed by atoms with van der Waals surface area (Å²) >= 11 is 0. The van der Waals surface area contributed by atoms with E-state index in [1.807, 2.05) is 0 Å². The van der Waals surface area contributed by atoms with Crippen LogP contribution < -0.4 is 5.14 Å². The van der Waals surface area contributed by atoms with Crippen molar-refractivity contribution in [1.29, 1.82) is 0 Å². The lowest BCUT2D eigenvalue weighted by molar-refractivity contribution is 0.0258. The molecular weight excluding hydrogens is 256 g/mol. The number of hydrogen-bond donors (Lipinski definition) is 1. The van der Waals surface area contributed by atoms with Gasteiger partial charge in [-0.15, -0.1) is 0 Å². The minimum Gasteiger partial charge on any atom is -0.444 e. The topological polar surface area (TPSA) is 89.7 Å². The Bertz CT molecular complexity index is 400. The van der Waals surface area contributed by atoms with E-state index in [2.05, 4.69) is 0 Å². The van der Waals surface area contributed by atoms with Crippen LogP contribution in [0.1, 0.15) is 40.0 Å². The number of rotatable bonds is 1. The monoisotopic (exact) mass is 278 g/mol. The molecule has 1 atom stereocenters. The highest BCUT2D eigenvalue weighted by atomic mass is 32.2. The van der Waals surface area contributed by atoms with Crippen LogP contribution in [0.4, 0.5) is 4.79 Å². The lowest BCUT2D eigenvalue weighted by Crippen LogP contribution is -2.43. The third kappa shape index (κ3) is 4.81. The van der Waals surface area contributed by atoms with E-state index in [1.165, 1.54) is 4.90 Å². The molecule has 2 N–H and O–H groups in total. The molecule has 6 nitrogen and oxygen atoms in total. The van der Waals surface area contributed by atoms with E-state index in [4.69, 9.17) is 9.88 Å². The Balaban J connectivity index is 2.73. The normalized spacial score (nSPS) is 22.4. The van der Waals surface area contributed by atoms with Gasteiger partial charge >= 0.3 is 6.09 Å². The molecule has 0 aromatic heterocycles. The first-order chi connectivity index (χ1) is 8.09. The van der Waals surface area contributed by atoms with Crippen molar-refractivity contribution in [2.75, 3.05) is 13.1 Å². The van der Waals surface area contributed by atoms with Crippen LogP contribution in [0.5, 0.6) is 0 Å². The maximum atomic E-state index is 11.9. The van der Waals surface area contributed by atoms with Crippen LogP contribution in [0.2, 0.25) is 0 Å². The molecule has 0 saturated carbocycles. The minimum atomic E-state index is -3.61. The summed E-state index contributed by atoms with van der Waals surface area (Å²) in [5.41, 5.74) is -0.583. The Kier molecular flexibility index (Phi) is 4.61. The van der Waals surface area contributed by atoms with Crippen molar-refractivity contribution in [2.24, 2.45) is 5.14 Å². The van der Waals surface area contributed by atoms with E-state index in [9.17, 15) is 13.2 Å². The lowest BCUT2D eigenvalue weighted by Gasteiger charge is -2.27. The van der Waals surface area contributed by atoms with Gasteiger partial charge in [0.25, 0.3) is 0 Å². The molecule has 0 bridgehead atoms. The first-order valence-electron chi connectivity index (χ1n) is 6.09. The van der Waals surface area contributed by atoms with Crippen LogP contribution >= 0.6 is 0 Å². The summed E-state index contributed by atoms with van der Waals surface area (Å²) in [5.74, 6) is 0. The Morgan fingerprint density at radius 3 is 2.44 bits per heavy atom. The van der Waals surface area contributed by atoms with E-state index < -0.39 is 27.0 Å². The number of carbonyl (C=O) groups excluding carboxylic acids is 1. The van der Waals surface area contributed by atoms with Crippen LogP contribution in [-0.4, -0.2) is 43.4 Å². The highest BCUT2D eigenvalue weighted by Crippen LogP contribution is 2.18. The zero-order valence-electron chi connectivity index (χ0n) is 11.2. The molecule has 0 radical (unpaired) electrons. The molecule has 1 heterocycles. The number of nitrogens with two attached hydrogens (primary N) is 1. The fourth-order valence-corrected chi connectivity index (χ4v) is 2.75. The van der Waals surface area contributed by atoms with Gasteiger partial charge in [-0.05, 0) is 33.6 Å². The first kappa shape index (κ1) is 15.2. The zero-order chi connectivity index (χ0) is 14.0. The van der Waals surface area contributed by atoms with E-state index in [0.29, 0.717) is 13.0 Å². The number of sulfonamides is 1. The quantitative estimate of drug-likeness (QED) is 0.776. The number of primary sulfonamides is 1. The van der Waals surface area contributed by atoms with Crippen molar-refractivity contribution in [3.05, 3.63) is 0 Å². The number of carbonyl (C=O) groups is 1. The second kappa shape index (κ2) is 5.44. The summed E-state index contributed by atoms with van der Waals surface area (Å²) in [4.78, 5) is 13.3. The van der Waals surface area contributed by atoms with Crippen LogP contribution in [0.3, 0.4) is 0 Å². The van der Waals surface area contributed by atoms with Gasteiger partial charge in [0.1, 0.15) is 5.60 Å². The molecule has 1 amide bonds. The number of amides is 1. The van der Waals surface area contributed by atoms with Crippen molar-refractivity contribution in [3.8, 4) is 0 Å². The van der Waals surface area contributed by atoms with Crippen molar-refractivity contribution in [1.82, 2.24) is 4.90 Å². The second-order valence-electron chi connectivity index (χ2n) is 5.63. The van der Waals surface area contributed by atoms with Gasteiger partial charge in [0, 0.05) is 13.1 Å². The van der Waals surface area contributed by atoms with Crippen LogP contribution in [0.15, 0.2) is 0 Å². The molecule has 0 aliphatic carbocycles. The van der Waals surface area contributed by atoms with Gasteiger partial charge in [-0.25, -0.2) is 18.4 Å². The summed E-state index contributed by atoms with van der Waals surface area (Å²) in [6, 6.07) is 0. The molecular formula is C11H22N2O4S. The maximum absolute atomic E-state index is 11.9. The van der Waals surface area contributed by atoms with E-state index in [-0.39, 0.29) is 6.54 Å². The number of hydrogen-bond acceptors (Lipinski definition) is 4. The van der Waals surface area contributed by atoms with E-state index in [0.717, 1.165) is 12.8 Å². The Morgan fingerprint density at radius 2 is 1.94 bits per heavy atom. The van der Waals surface area contributed by atoms with Gasteiger partial charge < -0.3 is 9.64 Å². The molecule has 7 heteroatoms. The first-order valence-corrected chi connectivity index (χ1v) is 7.70. The summed E-state index contributed by atoms with van der Waals surface area (Å²) < 4.78 is 28.0. The van der Waals surface area contributed by atoms with Gasteiger partial charge in [0.05, 0.1) is 5.25 Å². The molecule has 1 aliphatic heterocycles. The fourth-order valence-electron chi connectivity index (χ4n) is 1.86. The maximum Gasteiger partial charge on any atom is 0.410 e. The third-order valence-electron chi connectivity index (χ3n) is 2.74. The molecule has 1 rings (SSSR count). The largest absolute Gasteiger partial charge is 0.444 e. The van der Waals surface area contributed by atoms with Gasteiger partial charge in [-0.1, -0.05) is 6.42 Å². The third-order valence-corrected chi connectivity index (χ3v) is 4.06. The SMILES string of the molecule is CC(C)(C)OC(=O)N1CCCCC(S(N)(=O)=O)C1. The summed E-state index contributed by atoms with van der Waals surface area (Å²) in [5, 5.41) is 4.48.